The third-order valence-electron chi connectivity index (χ3n) is 2.76. The number of likely N-dealkylation sites (N-methyl/N-ethyl adjacent to an activating group) is 1. The molecular weight excluding hydrogens is 204 g/mol. The molecule has 2 aromatic rings. The van der Waals surface area contributed by atoms with Gasteiger partial charge in [0.2, 0.25) is 0 Å². The smallest absolute Gasteiger partial charge is 0.125 e. The lowest BCUT2D eigenvalue weighted by Crippen LogP contribution is -2.29. The highest BCUT2D eigenvalue weighted by Gasteiger charge is 2.13. The van der Waals surface area contributed by atoms with Crippen LogP contribution in [0.25, 0.3) is 10.9 Å². The minimum Gasteiger partial charge on any atom is -0.507 e. The number of aromatic hydroxyl groups is 1. The number of aliphatic hydroxyl groups is 1. The highest BCUT2D eigenvalue weighted by molar-refractivity contribution is 5.88. The lowest BCUT2D eigenvalue weighted by Gasteiger charge is -2.17. The number of aromatic amines is 1. The summed E-state index contributed by atoms with van der Waals surface area (Å²) in [5, 5.41) is 20.4. The van der Waals surface area contributed by atoms with Gasteiger partial charge in [0.25, 0.3) is 0 Å². The molecule has 0 aliphatic carbocycles. The molecule has 0 bridgehead atoms. The molecule has 0 amide bonds. The van der Waals surface area contributed by atoms with E-state index in [1.54, 1.807) is 17.0 Å². The predicted molar refractivity (Wildman–Crippen MR) is 63.4 cm³/mol. The van der Waals surface area contributed by atoms with Gasteiger partial charge >= 0.3 is 0 Å². The molecule has 0 radical (unpaired) electrons. The number of fused-ring (bicyclic) bond motifs is 1. The van der Waals surface area contributed by atoms with Gasteiger partial charge in [-0.05, 0) is 31.8 Å². The molecule has 0 saturated heterocycles. The number of aromatic nitrogens is 1. The normalized spacial score (nSPS) is 13.5. The number of aliphatic hydroxyl groups excluding tert-OH is 1. The summed E-state index contributed by atoms with van der Waals surface area (Å²) in [7, 11) is 3.64. The summed E-state index contributed by atoms with van der Waals surface area (Å²) in [6.45, 7) is 0. The van der Waals surface area contributed by atoms with Crippen LogP contribution in [0.3, 0.4) is 0 Å². The minimum atomic E-state index is -0.543. The number of nitrogens with one attached hydrogen (secondary N) is 1. The second kappa shape index (κ2) is 4.15. The van der Waals surface area contributed by atoms with Gasteiger partial charge in [0.05, 0.1) is 0 Å². The first-order chi connectivity index (χ1) is 7.59. The Morgan fingerprint density at radius 2 is 2.12 bits per heavy atom. The van der Waals surface area contributed by atoms with Gasteiger partial charge in [-0.3, -0.25) is 4.90 Å². The highest BCUT2D eigenvalue weighted by atomic mass is 16.3. The zero-order valence-electron chi connectivity index (χ0n) is 9.44. The van der Waals surface area contributed by atoms with Crippen molar-refractivity contribution < 1.29 is 10.2 Å². The number of benzene rings is 1. The zero-order chi connectivity index (χ0) is 11.7. The molecule has 0 fully saturated rings. The molecule has 1 heterocycles. The molecular formula is C12H16N2O2. The van der Waals surface area contributed by atoms with Gasteiger partial charge in [-0.25, -0.2) is 0 Å². The maximum absolute atomic E-state index is 9.78. The van der Waals surface area contributed by atoms with Gasteiger partial charge in [-0.1, -0.05) is 6.07 Å². The van der Waals surface area contributed by atoms with E-state index >= 15 is 0 Å². The summed E-state index contributed by atoms with van der Waals surface area (Å²) < 4.78 is 0. The van der Waals surface area contributed by atoms with Gasteiger partial charge < -0.3 is 15.2 Å². The average Bonchev–Trinajstić information content (AvgIpc) is 2.63. The molecule has 86 valence electrons. The van der Waals surface area contributed by atoms with Crippen LogP contribution in [0.1, 0.15) is 5.56 Å². The Kier molecular flexibility index (Phi) is 2.85. The Morgan fingerprint density at radius 3 is 2.81 bits per heavy atom. The summed E-state index contributed by atoms with van der Waals surface area (Å²) in [4.78, 5) is 4.82. The standard InChI is InChI=1S/C12H16N2O2/c1-14(2)11(16)6-8-7-13-9-4-3-5-10(15)12(8)9/h3-5,7,11,13,15-16H,6H2,1-2H3. The topological polar surface area (TPSA) is 59.5 Å². The molecule has 1 atom stereocenters. The number of rotatable bonds is 3. The largest absolute Gasteiger partial charge is 0.507 e. The van der Waals surface area contributed by atoms with E-state index < -0.39 is 6.23 Å². The van der Waals surface area contributed by atoms with Crippen molar-refractivity contribution >= 4 is 10.9 Å². The zero-order valence-corrected chi connectivity index (χ0v) is 9.44. The Balaban J connectivity index is 2.38. The predicted octanol–water partition coefficient (Wildman–Crippen LogP) is 1.30. The molecule has 1 aromatic heterocycles. The number of H-pyrrole nitrogens is 1. The van der Waals surface area contributed by atoms with E-state index in [9.17, 15) is 10.2 Å². The highest BCUT2D eigenvalue weighted by Crippen LogP contribution is 2.28. The van der Waals surface area contributed by atoms with Crippen LogP contribution in [0, 0.1) is 0 Å². The average molecular weight is 220 g/mol. The lowest BCUT2D eigenvalue weighted by molar-refractivity contribution is 0.0415. The summed E-state index contributed by atoms with van der Waals surface area (Å²) in [5.41, 5.74) is 1.82. The van der Waals surface area contributed by atoms with Crippen molar-refractivity contribution in [1.82, 2.24) is 9.88 Å². The first kappa shape index (κ1) is 11.0. The van der Waals surface area contributed by atoms with Crippen LogP contribution in [0.15, 0.2) is 24.4 Å². The molecule has 0 aliphatic heterocycles. The quantitative estimate of drug-likeness (QED) is 0.683. The molecule has 1 unspecified atom stereocenters. The second-order valence-electron chi connectivity index (χ2n) is 4.16. The molecule has 0 spiro atoms. The SMILES string of the molecule is CN(C)C(O)Cc1c[nH]c2cccc(O)c12. The maximum Gasteiger partial charge on any atom is 0.125 e. The lowest BCUT2D eigenvalue weighted by atomic mass is 10.1. The van der Waals surface area contributed by atoms with Crippen molar-refractivity contribution in [3.63, 3.8) is 0 Å². The molecule has 4 heteroatoms. The fourth-order valence-electron chi connectivity index (χ4n) is 1.78. The third-order valence-corrected chi connectivity index (χ3v) is 2.76. The Morgan fingerprint density at radius 1 is 1.38 bits per heavy atom. The van der Waals surface area contributed by atoms with Crippen LogP contribution in [0.5, 0.6) is 5.75 Å². The van der Waals surface area contributed by atoms with Crippen molar-refractivity contribution in [3.05, 3.63) is 30.0 Å². The molecule has 0 saturated carbocycles. The molecule has 0 aliphatic rings. The fraction of sp³-hybridized carbons (Fsp3) is 0.333. The van der Waals surface area contributed by atoms with E-state index in [2.05, 4.69) is 4.98 Å². The van der Waals surface area contributed by atoms with Crippen molar-refractivity contribution in [3.8, 4) is 5.75 Å². The van der Waals surface area contributed by atoms with Crippen molar-refractivity contribution in [2.75, 3.05) is 14.1 Å². The fourth-order valence-corrected chi connectivity index (χ4v) is 1.78. The molecule has 3 N–H and O–H groups in total. The molecule has 2 rings (SSSR count). The number of phenols is 1. The Hall–Kier alpha value is -1.52. The molecule has 1 aromatic carbocycles. The van der Waals surface area contributed by atoms with E-state index in [-0.39, 0.29) is 5.75 Å². The van der Waals surface area contributed by atoms with Crippen LogP contribution in [0.4, 0.5) is 0 Å². The number of phenolic OH excluding ortho intramolecular Hbond substituents is 1. The van der Waals surface area contributed by atoms with Crippen LogP contribution >= 0.6 is 0 Å². The van der Waals surface area contributed by atoms with Gasteiger partial charge in [-0.2, -0.15) is 0 Å². The van der Waals surface area contributed by atoms with Crippen molar-refractivity contribution in [1.29, 1.82) is 0 Å². The molecule has 4 nitrogen and oxygen atoms in total. The van der Waals surface area contributed by atoms with Crippen LogP contribution in [-0.4, -0.2) is 40.4 Å². The van der Waals surface area contributed by atoms with E-state index in [4.69, 9.17) is 0 Å². The van der Waals surface area contributed by atoms with Gasteiger partial charge in [0.1, 0.15) is 12.0 Å². The van der Waals surface area contributed by atoms with Gasteiger partial charge in [0.15, 0.2) is 0 Å². The summed E-state index contributed by atoms with van der Waals surface area (Å²) >= 11 is 0. The van der Waals surface area contributed by atoms with Gasteiger partial charge in [-0.15, -0.1) is 0 Å². The van der Waals surface area contributed by atoms with Crippen LogP contribution < -0.4 is 0 Å². The summed E-state index contributed by atoms with van der Waals surface area (Å²) in [6.07, 6.45) is 1.78. The molecule has 16 heavy (non-hydrogen) atoms. The minimum absolute atomic E-state index is 0.250. The van der Waals surface area contributed by atoms with E-state index in [0.717, 1.165) is 16.5 Å². The van der Waals surface area contributed by atoms with Crippen molar-refractivity contribution in [2.45, 2.75) is 12.6 Å². The van der Waals surface area contributed by atoms with Gasteiger partial charge in [0, 0.05) is 23.5 Å². The van der Waals surface area contributed by atoms with Crippen LogP contribution in [-0.2, 0) is 6.42 Å². The maximum atomic E-state index is 9.78. The number of hydrogen-bond donors (Lipinski definition) is 3. The summed E-state index contributed by atoms with van der Waals surface area (Å²) in [6, 6.07) is 5.35. The number of hydrogen-bond acceptors (Lipinski definition) is 3. The summed E-state index contributed by atoms with van der Waals surface area (Å²) in [5.74, 6) is 0.250. The first-order valence-electron chi connectivity index (χ1n) is 5.22. The van der Waals surface area contributed by atoms with Crippen molar-refractivity contribution in [2.24, 2.45) is 0 Å². The number of nitrogens with zero attached hydrogens (tertiary/aromatic N) is 1. The third kappa shape index (κ3) is 1.89. The monoisotopic (exact) mass is 220 g/mol. The van der Waals surface area contributed by atoms with E-state index in [0.29, 0.717) is 6.42 Å². The first-order valence-corrected chi connectivity index (χ1v) is 5.22. The van der Waals surface area contributed by atoms with E-state index in [1.165, 1.54) is 0 Å². The second-order valence-corrected chi connectivity index (χ2v) is 4.16. The van der Waals surface area contributed by atoms with Crippen LogP contribution in [0.2, 0.25) is 0 Å². The Bertz CT molecular complexity index is 491. The van der Waals surface area contributed by atoms with E-state index in [1.807, 2.05) is 26.4 Å². The Labute approximate surface area is 94.1 Å².